The van der Waals surface area contributed by atoms with Crippen molar-refractivity contribution in [3.63, 3.8) is 0 Å². The number of amides is 1. The van der Waals surface area contributed by atoms with Gasteiger partial charge in [-0.05, 0) is 96.6 Å². The fraction of sp³-hybridized carbons (Fsp3) is 0.526. The molecule has 7 rings (SSSR count). The van der Waals surface area contributed by atoms with Crippen molar-refractivity contribution >= 4 is 33.7 Å². The zero-order chi connectivity index (χ0) is 35.0. The van der Waals surface area contributed by atoms with Gasteiger partial charge in [-0.25, -0.2) is 9.18 Å². The van der Waals surface area contributed by atoms with Crippen molar-refractivity contribution in [1.29, 1.82) is 5.26 Å². The molecule has 3 N–H and O–H groups in total. The average Bonchev–Trinajstić information content (AvgIpc) is 3.80. The molecule has 2 aromatic carbocycles. The summed E-state index contributed by atoms with van der Waals surface area (Å²) in [6.07, 6.45) is 7.22. The lowest BCUT2D eigenvalue weighted by Crippen LogP contribution is -2.57. The van der Waals surface area contributed by atoms with Gasteiger partial charge < -0.3 is 25.1 Å². The first-order valence-corrected chi connectivity index (χ1v) is 17.9. The summed E-state index contributed by atoms with van der Waals surface area (Å²) < 4.78 is 29.1. The number of carbonyl (C=O) groups excluding carboxylic acids is 1. The maximum atomic E-state index is 17.0. The van der Waals surface area contributed by atoms with Gasteiger partial charge in [0.1, 0.15) is 23.5 Å². The number of aryl methyl sites for hydroxylation is 1. The zero-order valence-corrected chi connectivity index (χ0v) is 29.3. The summed E-state index contributed by atoms with van der Waals surface area (Å²) in [5.74, 6) is 0.157. The van der Waals surface area contributed by atoms with E-state index in [0.717, 1.165) is 67.2 Å². The monoisotopic (exact) mass is 682 g/mol. The van der Waals surface area contributed by atoms with Crippen molar-refractivity contribution in [2.45, 2.75) is 89.4 Å². The fourth-order valence-electron chi connectivity index (χ4n) is 8.04. The van der Waals surface area contributed by atoms with Crippen LogP contribution in [-0.2, 0) is 11.2 Å². The maximum Gasteiger partial charge on any atom is 0.410 e. The van der Waals surface area contributed by atoms with E-state index in [1.807, 2.05) is 56.1 Å². The minimum atomic E-state index is -0.585. The molecule has 5 heterocycles. The van der Waals surface area contributed by atoms with Gasteiger partial charge in [-0.2, -0.15) is 15.2 Å². The maximum absolute atomic E-state index is 17.0. The number of H-pyrrole nitrogens is 1. The van der Waals surface area contributed by atoms with E-state index in [1.165, 1.54) is 0 Å². The number of halogens is 1. The van der Waals surface area contributed by atoms with Gasteiger partial charge >= 0.3 is 12.1 Å². The third kappa shape index (κ3) is 6.68. The lowest BCUT2D eigenvalue weighted by Gasteiger charge is -2.42. The summed E-state index contributed by atoms with van der Waals surface area (Å²) >= 11 is 0. The number of fused-ring (bicyclic) bond motifs is 4. The van der Waals surface area contributed by atoms with Gasteiger partial charge in [0.05, 0.1) is 18.2 Å². The number of hydrogen-bond donors (Lipinski definition) is 2. The summed E-state index contributed by atoms with van der Waals surface area (Å²) in [6, 6.07) is 12.1. The van der Waals surface area contributed by atoms with E-state index < -0.39 is 11.4 Å². The van der Waals surface area contributed by atoms with E-state index in [1.54, 1.807) is 6.07 Å². The molecule has 264 valence electrons. The first-order valence-electron chi connectivity index (χ1n) is 17.9. The summed E-state index contributed by atoms with van der Waals surface area (Å²) in [5.41, 5.74) is 8.42. The Hall–Kier alpha value is -4.47. The van der Waals surface area contributed by atoms with Crippen molar-refractivity contribution in [2.24, 2.45) is 5.73 Å². The van der Waals surface area contributed by atoms with E-state index in [2.05, 4.69) is 20.9 Å². The Labute approximate surface area is 292 Å². The Balaban J connectivity index is 1.26. The number of piperazine rings is 1. The molecule has 2 bridgehead atoms. The topological polar surface area (TPSA) is 137 Å². The van der Waals surface area contributed by atoms with E-state index >= 15 is 4.39 Å². The van der Waals surface area contributed by atoms with Crippen LogP contribution in [0.5, 0.6) is 6.01 Å². The summed E-state index contributed by atoms with van der Waals surface area (Å²) in [5, 5.41) is 10.8. The predicted octanol–water partition coefficient (Wildman–Crippen LogP) is 6.15. The standard InChI is InChI=1S/C38H47FN8O3/c1-38(2,3)50-37(48)47-25-12-13-26(47)22-46(21-25)35-29-15-14-28(30-20-42-31-11-4-8-24(32(30)31)9-5-16-40)33(39)34(29)43-36(44-35)49-23-27-10-6-18-45(27)19-7-17-41/h4,8,11,14-15,20,25-27,42H,5-7,9-10,12-13,17-19,21-23,41H2,1-3H3/t25?,26?,27-/m0/s1. The molecule has 12 heteroatoms. The Kier molecular flexibility index (Phi) is 9.55. The van der Waals surface area contributed by atoms with E-state index in [4.69, 9.17) is 25.2 Å². The predicted molar refractivity (Wildman–Crippen MR) is 192 cm³/mol. The molecule has 3 saturated heterocycles. The summed E-state index contributed by atoms with van der Waals surface area (Å²) in [4.78, 5) is 32.6. The molecule has 3 fully saturated rings. The first-order chi connectivity index (χ1) is 24.1. The van der Waals surface area contributed by atoms with Gasteiger partial charge in [0.2, 0.25) is 0 Å². The number of hydrogen-bond acceptors (Lipinski definition) is 9. The van der Waals surface area contributed by atoms with Crippen LogP contribution in [-0.4, -0.2) is 93.9 Å². The molecular formula is C38H47FN8O3. The number of rotatable bonds is 10. The highest BCUT2D eigenvalue weighted by Gasteiger charge is 2.45. The summed E-state index contributed by atoms with van der Waals surface area (Å²) in [7, 11) is 0. The molecule has 3 aliphatic rings. The number of benzene rings is 2. The summed E-state index contributed by atoms with van der Waals surface area (Å²) in [6.45, 7) is 9.70. The van der Waals surface area contributed by atoms with Gasteiger partial charge in [-0.15, -0.1) is 0 Å². The number of nitrogens with zero attached hydrogens (tertiary/aromatic N) is 6. The van der Waals surface area contributed by atoms with Crippen LogP contribution in [0.25, 0.3) is 32.9 Å². The molecule has 2 aromatic heterocycles. The molecule has 50 heavy (non-hydrogen) atoms. The minimum absolute atomic E-state index is 0.0465. The zero-order valence-electron chi connectivity index (χ0n) is 29.3. The molecule has 3 aliphatic heterocycles. The molecule has 0 aliphatic carbocycles. The van der Waals surface area contributed by atoms with Crippen LogP contribution in [0.3, 0.4) is 0 Å². The first kappa shape index (κ1) is 34.0. The number of anilines is 1. The number of nitrogens with two attached hydrogens (primary N) is 1. The largest absolute Gasteiger partial charge is 0.462 e. The number of nitriles is 1. The van der Waals surface area contributed by atoms with E-state index in [-0.39, 0.29) is 35.7 Å². The second-order valence-electron chi connectivity index (χ2n) is 14.8. The number of carbonyl (C=O) groups is 1. The number of nitrogens with one attached hydrogen (secondary N) is 1. The molecule has 1 amide bonds. The van der Waals surface area contributed by atoms with Crippen LogP contribution in [0.4, 0.5) is 15.0 Å². The molecule has 0 saturated carbocycles. The Morgan fingerprint density at radius 2 is 1.92 bits per heavy atom. The molecule has 4 aromatic rings. The van der Waals surface area contributed by atoms with Crippen molar-refractivity contribution in [1.82, 2.24) is 24.8 Å². The van der Waals surface area contributed by atoms with Gasteiger partial charge in [0, 0.05) is 59.2 Å². The van der Waals surface area contributed by atoms with Crippen LogP contribution in [0, 0.1) is 17.1 Å². The van der Waals surface area contributed by atoms with Crippen molar-refractivity contribution in [3.8, 4) is 23.2 Å². The Morgan fingerprint density at radius 3 is 2.66 bits per heavy atom. The van der Waals surface area contributed by atoms with Crippen molar-refractivity contribution < 1.29 is 18.7 Å². The molecule has 2 unspecified atom stereocenters. The Morgan fingerprint density at radius 1 is 1.12 bits per heavy atom. The number of aromatic amines is 1. The number of likely N-dealkylation sites (tertiary alicyclic amines) is 1. The lowest BCUT2D eigenvalue weighted by atomic mass is 9.97. The number of ether oxygens (including phenoxy) is 2. The van der Waals surface area contributed by atoms with Crippen LogP contribution in [0.15, 0.2) is 36.5 Å². The molecule has 0 radical (unpaired) electrons. The van der Waals surface area contributed by atoms with Crippen LogP contribution in [0.2, 0.25) is 0 Å². The molecule has 0 spiro atoms. The van der Waals surface area contributed by atoms with Crippen LogP contribution in [0.1, 0.15) is 64.9 Å². The van der Waals surface area contributed by atoms with Crippen molar-refractivity contribution in [3.05, 3.63) is 47.9 Å². The van der Waals surface area contributed by atoms with Crippen LogP contribution < -0.4 is 15.4 Å². The quantitative estimate of drug-likeness (QED) is 0.202. The molecule has 3 atom stereocenters. The normalized spacial score (nSPS) is 20.9. The highest BCUT2D eigenvalue weighted by atomic mass is 19.1. The van der Waals surface area contributed by atoms with E-state index in [9.17, 15) is 10.1 Å². The van der Waals surface area contributed by atoms with Gasteiger partial charge in [0.15, 0.2) is 5.82 Å². The molecule has 11 nitrogen and oxygen atoms in total. The third-order valence-electron chi connectivity index (χ3n) is 10.3. The van der Waals surface area contributed by atoms with E-state index in [0.29, 0.717) is 55.9 Å². The fourth-order valence-corrected chi connectivity index (χ4v) is 8.04. The van der Waals surface area contributed by atoms with Crippen LogP contribution >= 0.6 is 0 Å². The SMILES string of the molecule is CC(C)(C)OC(=O)N1C2CCC1CN(c1nc(OC[C@@H]3CCCN3CCCN)nc3c(F)c(-c4c[nH]c5cccc(CCC#N)c45)ccc13)C2. The molecular weight excluding hydrogens is 635 g/mol. The van der Waals surface area contributed by atoms with Gasteiger partial charge in [-0.3, -0.25) is 9.80 Å². The van der Waals surface area contributed by atoms with Gasteiger partial charge in [0.25, 0.3) is 0 Å². The minimum Gasteiger partial charge on any atom is -0.462 e. The van der Waals surface area contributed by atoms with Gasteiger partial charge in [-0.1, -0.05) is 18.2 Å². The lowest BCUT2D eigenvalue weighted by molar-refractivity contribution is 0.0122. The Bertz CT molecular complexity index is 1900. The average molecular weight is 683 g/mol. The second kappa shape index (κ2) is 14.0. The smallest absolute Gasteiger partial charge is 0.410 e. The second-order valence-corrected chi connectivity index (χ2v) is 14.8. The highest BCUT2D eigenvalue weighted by molar-refractivity contribution is 6.01. The highest BCUT2D eigenvalue weighted by Crippen LogP contribution is 2.40. The third-order valence-corrected chi connectivity index (χ3v) is 10.3. The number of aromatic nitrogens is 3. The van der Waals surface area contributed by atoms with Crippen molar-refractivity contribution in [2.75, 3.05) is 44.2 Å².